The van der Waals surface area contributed by atoms with E-state index in [4.69, 9.17) is 4.74 Å². The van der Waals surface area contributed by atoms with Crippen molar-refractivity contribution in [2.75, 3.05) is 6.54 Å². The molecule has 0 aliphatic heterocycles. The van der Waals surface area contributed by atoms with Gasteiger partial charge in [-0.05, 0) is 44.7 Å². The van der Waals surface area contributed by atoms with Gasteiger partial charge < -0.3 is 9.84 Å². The third-order valence-electron chi connectivity index (χ3n) is 3.83. The van der Waals surface area contributed by atoms with Crippen LogP contribution < -0.4 is 5.32 Å². The lowest BCUT2D eigenvalue weighted by atomic mass is 9.78. The number of carbonyl (C=O) groups excluding carboxylic acids is 1. The van der Waals surface area contributed by atoms with Crippen LogP contribution in [0.1, 0.15) is 38.3 Å². The van der Waals surface area contributed by atoms with Gasteiger partial charge in [0.2, 0.25) is 0 Å². The van der Waals surface area contributed by atoms with E-state index in [0.717, 1.165) is 5.56 Å². The smallest absolute Gasteiger partial charge is 0.324 e. The standard InChI is InChI=1S/C17H23NO4/c1-16(2,3)22-14(19)11-18-17(15(20)21)9-8-12-6-4-5-7-13(12)10-17/h4-7,18H,8-11H2,1-3H3,(H,20,21). The number of hydrogen-bond donors (Lipinski definition) is 2. The van der Waals surface area contributed by atoms with Crippen molar-refractivity contribution in [3.8, 4) is 0 Å². The van der Waals surface area contributed by atoms with Crippen molar-refractivity contribution >= 4 is 11.9 Å². The normalized spacial score (nSPS) is 21.0. The van der Waals surface area contributed by atoms with Crippen molar-refractivity contribution in [2.24, 2.45) is 0 Å². The van der Waals surface area contributed by atoms with E-state index in [1.54, 1.807) is 20.8 Å². The molecule has 1 aliphatic carbocycles. The Morgan fingerprint density at radius 3 is 2.50 bits per heavy atom. The lowest BCUT2D eigenvalue weighted by molar-refractivity contribution is -0.155. The average molecular weight is 305 g/mol. The van der Waals surface area contributed by atoms with Crippen LogP contribution in [-0.2, 0) is 27.2 Å². The first-order valence-corrected chi connectivity index (χ1v) is 7.49. The summed E-state index contributed by atoms with van der Waals surface area (Å²) < 4.78 is 5.23. The first-order chi connectivity index (χ1) is 10.2. The van der Waals surface area contributed by atoms with E-state index < -0.39 is 23.1 Å². The molecule has 0 aromatic heterocycles. The van der Waals surface area contributed by atoms with Gasteiger partial charge in [-0.25, -0.2) is 0 Å². The molecule has 5 nitrogen and oxygen atoms in total. The second kappa shape index (κ2) is 6.08. The molecule has 22 heavy (non-hydrogen) atoms. The van der Waals surface area contributed by atoms with Crippen molar-refractivity contribution in [3.05, 3.63) is 35.4 Å². The molecule has 0 saturated heterocycles. The van der Waals surface area contributed by atoms with Gasteiger partial charge in [-0.3, -0.25) is 14.9 Å². The van der Waals surface area contributed by atoms with Gasteiger partial charge in [0.1, 0.15) is 11.1 Å². The Bertz CT molecular complexity index is 576. The first kappa shape index (κ1) is 16.5. The van der Waals surface area contributed by atoms with Gasteiger partial charge in [0.05, 0.1) is 6.54 Å². The monoisotopic (exact) mass is 305 g/mol. The molecule has 2 rings (SSSR count). The molecule has 0 fully saturated rings. The fraction of sp³-hybridized carbons (Fsp3) is 0.529. The maximum atomic E-state index is 11.8. The van der Waals surface area contributed by atoms with Crippen LogP contribution in [0.15, 0.2) is 24.3 Å². The number of carbonyl (C=O) groups is 2. The van der Waals surface area contributed by atoms with E-state index in [2.05, 4.69) is 5.32 Å². The summed E-state index contributed by atoms with van der Waals surface area (Å²) in [7, 11) is 0. The summed E-state index contributed by atoms with van der Waals surface area (Å²) >= 11 is 0. The lowest BCUT2D eigenvalue weighted by Crippen LogP contribution is -2.57. The average Bonchev–Trinajstić information content (AvgIpc) is 2.43. The van der Waals surface area contributed by atoms with Gasteiger partial charge in [-0.1, -0.05) is 24.3 Å². The maximum Gasteiger partial charge on any atom is 0.324 e. The number of benzene rings is 1. The Kier molecular flexibility index (Phi) is 4.56. The molecular formula is C17H23NO4. The number of aryl methyl sites for hydroxylation is 1. The number of carboxylic acids is 1. The molecule has 1 aliphatic rings. The highest BCUT2D eigenvalue weighted by atomic mass is 16.6. The second-order valence-electron chi connectivity index (χ2n) is 6.77. The van der Waals surface area contributed by atoms with E-state index in [0.29, 0.717) is 19.3 Å². The minimum atomic E-state index is -1.11. The number of hydrogen-bond acceptors (Lipinski definition) is 4. The Balaban J connectivity index is 2.08. The van der Waals surface area contributed by atoms with Crippen LogP contribution in [0.25, 0.3) is 0 Å². The minimum absolute atomic E-state index is 0.105. The van der Waals surface area contributed by atoms with Crippen LogP contribution >= 0.6 is 0 Å². The zero-order chi connectivity index (χ0) is 16.4. The molecule has 0 heterocycles. The second-order valence-corrected chi connectivity index (χ2v) is 6.77. The van der Waals surface area contributed by atoms with Crippen LogP contribution in [-0.4, -0.2) is 34.7 Å². The molecule has 0 spiro atoms. The fourth-order valence-corrected chi connectivity index (χ4v) is 2.76. The van der Waals surface area contributed by atoms with Crippen molar-refractivity contribution < 1.29 is 19.4 Å². The van der Waals surface area contributed by atoms with Crippen molar-refractivity contribution in [1.29, 1.82) is 0 Å². The van der Waals surface area contributed by atoms with Crippen LogP contribution in [0.2, 0.25) is 0 Å². The number of esters is 1. The van der Waals surface area contributed by atoms with E-state index in [9.17, 15) is 14.7 Å². The third-order valence-corrected chi connectivity index (χ3v) is 3.83. The van der Waals surface area contributed by atoms with Crippen LogP contribution in [0, 0.1) is 0 Å². The number of fused-ring (bicyclic) bond motifs is 1. The number of rotatable bonds is 4. The number of ether oxygens (including phenoxy) is 1. The highest BCUT2D eigenvalue weighted by Gasteiger charge is 2.41. The molecule has 0 amide bonds. The van der Waals surface area contributed by atoms with Gasteiger partial charge >= 0.3 is 11.9 Å². The van der Waals surface area contributed by atoms with Crippen molar-refractivity contribution in [3.63, 3.8) is 0 Å². The summed E-state index contributed by atoms with van der Waals surface area (Å²) in [5.41, 5.74) is 0.519. The highest BCUT2D eigenvalue weighted by Crippen LogP contribution is 2.29. The Morgan fingerprint density at radius 1 is 1.27 bits per heavy atom. The molecule has 1 aromatic carbocycles. The molecule has 5 heteroatoms. The maximum absolute atomic E-state index is 11.8. The summed E-state index contributed by atoms with van der Waals surface area (Å²) in [6.45, 7) is 5.25. The predicted octanol–water partition coefficient (Wildman–Crippen LogP) is 1.93. The number of carboxylic acid groups (broad SMARTS) is 1. The van der Waals surface area contributed by atoms with Crippen LogP contribution in [0.4, 0.5) is 0 Å². The van der Waals surface area contributed by atoms with Gasteiger partial charge in [0.25, 0.3) is 0 Å². The molecule has 0 bridgehead atoms. The topological polar surface area (TPSA) is 75.6 Å². The SMILES string of the molecule is CC(C)(C)OC(=O)CNC1(C(=O)O)CCc2ccccc2C1. The third kappa shape index (κ3) is 3.85. The van der Waals surface area contributed by atoms with Crippen molar-refractivity contribution in [1.82, 2.24) is 5.32 Å². The van der Waals surface area contributed by atoms with E-state index in [1.165, 1.54) is 5.56 Å². The Morgan fingerprint density at radius 2 is 1.91 bits per heavy atom. The molecule has 1 atom stereocenters. The van der Waals surface area contributed by atoms with E-state index in [-0.39, 0.29) is 6.54 Å². The summed E-state index contributed by atoms with van der Waals surface area (Å²) in [4.78, 5) is 23.6. The number of aliphatic carboxylic acids is 1. The van der Waals surface area contributed by atoms with Gasteiger partial charge in [-0.2, -0.15) is 0 Å². The zero-order valence-electron chi connectivity index (χ0n) is 13.3. The van der Waals surface area contributed by atoms with Gasteiger partial charge in [0.15, 0.2) is 0 Å². The molecule has 1 aromatic rings. The Labute approximate surface area is 130 Å². The fourth-order valence-electron chi connectivity index (χ4n) is 2.76. The molecule has 0 radical (unpaired) electrons. The van der Waals surface area contributed by atoms with Gasteiger partial charge in [0, 0.05) is 6.42 Å². The quantitative estimate of drug-likeness (QED) is 0.831. The first-order valence-electron chi connectivity index (χ1n) is 7.49. The summed E-state index contributed by atoms with van der Waals surface area (Å²) in [6, 6.07) is 7.83. The molecule has 120 valence electrons. The summed E-state index contributed by atoms with van der Waals surface area (Å²) in [6.07, 6.45) is 1.52. The number of nitrogens with one attached hydrogen (secondary N) is 1. The summed E-state index contributed by atoms with van der Waals surface area (Å²) in [5, 5.41) is 12.6. The molecule has 0 saturated carbocycles. The molecule has 1 unspecified atom stereocenters. The van der Waals surface area contributed by atoms with E-state index >= 15 is 0 Å². The van der Waals surface area contributed by atoms with Gasteiger partial charge in [-0.15, -0.1) is 0 Å². The summed E-state index contributed by atoms with van der Waals surface area (Å²) in [5.74, 6) is -1.36. The van der Waals surface area contributed by atoms with E-state index in [1.807, 2.05) is 24.3 Å². The predicted molar refractivity (Wildman–Crippen MR) is 82.7 cm³/mol. The highest BCUT2D eigenvalue weighted by molar-refractivity contribution is 5.81. The molecular weight excluding hydrogens is 282 g/mol. The van der Waals surface area contributed by atoms with Crippen LogP contribution in [0.5, 0.6) is 0 Å². The largest absolute Gasteiger partial charge is 0.480 e. The molecule has 2 N–H and O–H groups in total. The van der Waals surface area contributed by atoms with Crippen molar-refractivity contribution in [2.45, 2.75) is 51.2 Å². The minimum Gasteiger partial charge on any atom is -0.480 e. The Hall–Kier alpha value is -1.88. The zero-order valence-corrected chi connectivity index (χ0v) is 13.3. The van der Waals surface area contributed by atoms with Crippen LogP contribution in [0.3, 0.4) is 0 Å². The lowest BCUT2D eigenvalue weighted by Gasteiger charge is -2.35.